The van der Waals surface area contributed by atoms with Crippen LogP contribution in [0.2, 0.25) is 5.02 Å². The summed E-state index contributed by atoms with van der Waals surface area (Å²) in [5.41, 5.74) is 0.903. The van der Waals surface area contributed by atoms with Gasteiger partial charge in [0.25, 0.3) is 5.56 Å². The van der Waals surface area contributed by atoms with Gasteiger partial charge >= 0.3 is 0 Å². The molecule has 0 bridgehead atoms. The predicted molar refractivity (Wildman–Crippen MR) is 106 cm³/mol. The van der Waals surface area contributed by atoms with E-state index in [0.717, 1.165) is 21.1 Å². The van der Waals surface area contributed by atoms with E-state index in [0.29, 0.717) is 25.5 Å². The number of thiophene rings is 1. The molecule has 3 aromatic rings. The lowest BCUT2D eigenvalue weighted by Crippen LogP contribution is -2.31. The van der Waals surface area contributed by atoms with Crippen molar-refractivity contribution in [2.45, 2.75) is 13.8 Å². The van der Waals surface area contributed by atoms with Crippen LogP contribution in [-0.4, -0.2) is 4.57 Å². The van der Waals surface area contributed by atoms with Crippen molar-refractivity contribution < 1.29 is 0 Å². The second-order valence-electron chi connectivity index (χ2n) is 5.49. The molecule has 0 N–H and O–H groups in total. The Bertz CT molecular complexity index is 1250. The quantitative estimate of drug-likeness (QED) is 0.666. The van der Waals surface area contributed by atoms with Crippen LogP contribution in [0.5, 0.6) is 0 Å². The van der Waals surface area contributed by atoms with E-state index in [1.54, 1.807) is 42.5 Å². The third-order valence-corrected chi connectivity index (χ3v) is 6.23. The molecular formula is C19H12ClN3OS2. The van der Waals surface area contributed by atoms with Crippen LogP contribution >= 0.6 is 34.3 Å². The maximum absolute atomic E-state index is 13.1. The smallest absolute Gasteiger partial charge is 0.267 e. The lowest BCUT2D eigenvalue weighted by molar-refractivity contribution is 0.975. The first-order chi connectivity index (χ1) is 12.5. The SMILES string of the molecule is Cc1ccc(/C=c2\sc(=C(C#N)C#N)n(-c3cccc(Cl)c3C)c2=O)s1. The second kappa shape index (κ2) is 7.31. The summed E-state index contributed by atoms with van der Waals surface area (Å²) in [6.07, 6.45) is 1.79. The Morgan fingerprint density at radius 1 is 1.15 bits per heavy atom. The van der Waals surface area contributed by atoms with E-state index in [2.05, 4.69) is 0 Å². The average molecular weight is 398 g/mol. The first-order valence-corrected chi connectivity index (χ1v) is 9.57. The van der Waals surface area contributed by atoms with Crippen molar-refractivity contribution in [1.29, 1.82) is 10.5 Å². The van der Waals surface area contributed by atoms with Crippen molar-refractivity contribution in [2.75, 3.05) is 0 Å². The molecule has 0 atom stereocenters. The molecular weight excluding hydrogens is 386 g/mol. The normalized spacial score (nSPS) is 11.2. The number of hydrogen-bond donors (Lipinski definition) is 0. The van der Waals surface area contributed by atoms with Gasteiger partial charge < -0.3 is 0 Å². The molecule has 128 valence electrons. The first kappa shape index (κ1) is 18.2. The van der Waals surface area contributed by atoms with Gasteiger partial charge in [0.05, 0.1) is 10.2 Å². The maximum atomic E-state index is 13.1. The third kappa shape index (κ3) is 3.23. The summed E-state index contributed by atoms with van der Waals surface area (Å²) in [6, 6.07) is 12.9. The molecule has 0 saturated heterocycles. The fraction of sp³-hybridized carbons (Fsp3) is 0.105. The summed E-state index contributed by atoms with van der Waals surface area (Å²) in [6.45, 7) is 3.79. The van der Waals surface area contributed by atoms with Gasteiger partial charge in [-0.25, -0.2) is 0 Å². The average Bonchev–Trinajstić information content (AvgIpc) is 3.16. The van der Waals surface area contributed by atoms with Gasteiger partial charge in [-0.3, -0.25) is 9.36 Å². The molecule has 0 aliphatic heterocycles. The molecule has 0 saturated carbocycles. The Hall–Kier alpha value is -2.64. The van der Waals surface area contributed by atoms with E-state index in [1.165, 1.54) is 4.57 Å². The van der Waals surface area contributed by atoms with Crippen molar-refractivity contribution in [3.05, 3.63) is 70.2 Å². The van der Waals surface area contributed by atoms with Crippen LogP contribution in [-0.2, 0) is 0 Å². The molecule has 0 fully saturated rings. The molecule has 0 aliphatic carbocycles. The zero-order valence-electron chi connectivity index (χ0n) is 13.9. The number of thiazole rings is 1. The van der Waals surface area contributed by atoms with Crippen molar-refractivity contribution in [3.8, 4) is 17.8 Å². The predicted octanol–water partition coefficient (Wildman–Crippen LogP) is 3.26. The van der Waals surface area contributed by atoms with Crippen molar-refractivity contribution in [1.82, 2.24) is 4.57 Å². The second-order valence-corrected chi connectivity index (χ2v) is 8.24. The summed E-state index contributed by atoms with van der Waals surface area (Å²) in [5.74, 6) is 0. The van der Waals surface area contributed by atoms with Crippen molar-refractivity contribution >= 4 is 45.9 Å². The van der Waals surface area contributed by atoms with Gasteiger partial charge in [-0.1, -0.05) is 17.7 Å². The lowest BCUT2D eigenvalue weighted by Gasteiger charge is -2.07. The highest BCUT2D eigenvalue weighted by Gasteiger charge is 2.14. The van der Waals surface area contributed by atoms with Crippen molar-refractivity contribution in [2.24, 2.45) is 0 Å². The van der Waals surface area contributed by atoms with Gasteiger partial charge in [-0.05, 0) is 49.8 Å². The van der Waals surface area contributed by atoms with E-state index in [9.17, 15) is 15.3 Å². The molecule has 0 unspecified atom stereocenters. The molecule has 0 aliphatic rings. The van der Waals surface area contributed by atoms with Crippen LogP contribution in [0, 0.1) is 36.5 Å². The standard InChI is InChI=1S/C19H12ClN3OS2/c1-11-6-7-14(25-11)8-17-18(24)23(19(26-17)13(9-21)10-22)16-5-3-4-15(20)12(16)2/h3-8H,1-2H3/b17-8-. The largest absolute Gasteiger partial charge is 0.273 e. The van der Waals surface area contributed by atoms with Crippen LogP contribution < -0.4 is 14.8 Å². The molecule has 0 spiro atoms. The van der Waals surface area contributed by atoms with Gasteiger partial charge in [-0.15, -0.1) is 22.7 Å². The highest BCUT2D eigenvalue weighted by Crippen LogP contribution is 2.20. The zero-order chi connectivity index (χ0) is 18.8. The molecule has 1 aromatic carbocycles. The summed E-state index contributed by atoms with van der Waals surface area (Å²) < 4.78 is 2.18. The lowest BCUT2D eigenvalue weighted by atomic mass is 10.2. The van der Waals surface area contributed by atoms with Gasteiger partial charge in [-0.2, -0.15) is 10.5 Å². The van der Waals surface area contributed by atoms with E-state index >= 15 is 0 Å². The highest BCUT2D eigenvalue weighted by atomic mass is 35.5. The number of aryl methyl sites for hydroxylation is 1. The minimum Gasteiger partial charge on any atom is -0.267 e. The fourth-order valence-electron chi connectivity index (χ4n) is 2.49. The Morgan fingerprint density at radius 3 is 2.50 bits per heavy atom. The number of halogens is 1. The molecule has 0 amide bonds. The Labute approximate surface area is 162 Å². The van der Waals surface area contributed by atoms with E-state index in [1.807, 2.05) is 31.2 Å². The number of benzene rings is 1. The van der Waals surface area contributed by atoms with Gasteiger partial charge in [0, 0.05) is 14.8 Å². The Morgan fingerprint density at radius 2 is 1.88 bits per heavy atom. The van der Waals surface area contributed by atoms with Crippen LogP contribution in [0.1, 0.15) is 15.3 Å². The topological polar surface area (TPSA) is 69.6 Å². The molecule has 3 rings (SSSR count). The molecule has 7 heteroatoms. The number of hydrogen-bond acceptors (Lipinski definition) is 5. The van der Waals surface area contributed by atoms with Gasteiger partial charge in [0.15, 0.2) is 5.57 Å². The van der Waals surface area contributed by atoms with Gasteiger partial charge in [0.2, 0.25) is 0 Å². The molecule has 2 heterocycles. The number of aromatic nitrogens is 1. The summed E-state index contributed by atoms with van der Waals surface area (Å²) in [5, 5.41) is 19.1. The number of rotatable bonds is 2. The van der Waals surface area contributed by atoms with Crippen molar-refractivity contribution in [3.63, 3.8) is 0 Å². The third-order valence-electron chi connectivity index (χ3n) is 3.78. The summed E-state index contributed by atoms with van der Waals surface area (Å²) >= 11 is 8.91. The monoisotopic (exact) mass is 397 g/mol. The maximum Gasteiger partial charge on any atom is 0.273 e. The van der Waals surface area contributed by atoms with E-state index < -0.39 is 0 Å². The van der Waals surface area contributed by atoms with E-state index in [4.69, 9.17) is 11.6 Å². The first-order valence-electron chi connectivity index (χ1n) is 7.56. The number of nitrogens with zero attached hydrogens (tertiary/aromatic N) is 3. The summed E-state index contributed by atoms with van der Waals surface area (Å²) in [7, 11) is 0. The zero-order valence-corrected chi connectivity index (χ0v) is 16.3. The van der Waals surface area contributed by atoms with E-state index in [-0.39, 0.29) is 11.1 Å². The minimum absolute atomic E-state index is 0.103. The molecule has 4 nitrogen and oxygen atoms in total. The van der Waals surface area contributed by atoms with Crippen LogP contribution in [0.3, 0.4) is 0 Å². The summed E-state index contributed by atoms with van der Waals surface area (Å²) in [4.78, 5) is 15.2. The van der Waals surface area contributed by atoms with Crippen LogP contribution in [0.4, 0.5) is 0 Å². The molecule has 2 aromatic heterocycles. The Balaban J connectivity index is 2.45. The fourth-order valence-corrected chi connectivity index (χ4v) is 4.59. The molecule has 0 radical (unpaired) electrons. The highest BCUT2D eigenvalue weighted by molar-refractivity contribution is 7.13. The minimum atomic E-state index is -0.274. The number of nitriles is 2. The van der Waals surface area contributed by atoms with Gasteiger partial charge in [0.1, 0.15) is 16.8 Å². The van der Waals surface area contributed by atoms with Crippen LogP contribution in [0.25, 0.3) is 17.3 Å². The van der Waals surface area contributed by atoms with Crippen LogP contribution in [0.15, 0.2) is 35.1 Å². The molecule has 26 heavy (non-hydrogen) atoms. The Kier molecular flexibility index (Phi) is 5.11.